The fourth-order valence-corrected chi connectivity index (χ4v) is 3.71. The molecule has 0 radical (unpaired) electrons. The van der Waals surface area contributed by atoms with Gasteiger partial charge >= 0.3 is 5.97 Å². The van der Waals surface area contributed by atoms with Crippen LogP contribution in [0.2, 0.25) is 0 Å². The molecule has 0 spiro atoms. The molecule has 1 N–H and O–H groups in total. The van der Waals surface area contributed by atoms with Crippen molar-refractivity contribution < 1.29 is 9.90 Å². The van der Waals surface area contributed by atoms with Crippen molar-refractivity contribution in [2.75, 3.05) is 13.1 Å². The van der Waals surface area contributed by atoms with Gasteiger partial charge in [0.05, 0.1) is 6.42 Å². The van der Waals surface area contributed by atoms with Crippen molar-refractivity contribution in [3.05, 3.63) is 71.8 Å². The molecule has 0 amide bonds. The Kier molecular flexibility index (Phi) is 5.84. The Morgan fingerprint density at radius 1 is 0.920 bits per heavy atom. The highest BCUT2D eigenvalue weighted by atomic mass is 16.4. The molecule has 2 aromatic rings. The zero-order valence-electron chi connectivity index (χ0n) is 14.7. The second-order valence-corrected chi connectivity index (χ2v) is 6.82. The van der Waals surface area contributed by atoms with Crippen molar-refractivity contribution in [3.63, 3.8) is 0 Å². The molecule has 25 heavy (non-hydrogen) atoms. The first-order chi connectivity index (χ1) is 12.1. The minimum absolute atomic E-state index is 0.0233. The molecule has 1 fully saturated rings. The van der Waals surface area contributed by atoms with Crippen LogP contribution in [0.15, 0.2) is 60.7 Å². The van der Waals surface area contributed by atoms with E-state index in [4.69, 9.17) is 0 Å². The summed E-state index contributed by atoms with van der Waals surface area (Å²) in [4.78, 5) is 16.2. The van der Waals surface area contributed by atoms with Crippen molar-refractivity contribution in [2.24, 2.45) is 0 Å². The summed E-state index contributed by atoms with van der Waals surface area (Å²) in [5.74, 6) is -0.725. The molecule has 1 heterocycles. The summed E-state index contributed by atoms with van der Waals surface area (Å²) in [6.45, 7) is 5.69. The first-order valence-corrected chi connectivity index (χ1v) is 8.91. The molecule has 4 nitrogen and oxygen atoms in total. The van der Waals surface area contributed by atoms with Crippen LogP contribution < -0.4 is 0 Å². The molecule has 0 saturated carbocycles. The Balaban J connectivity index is 1.72. The maximum atomic E-state index is 11.4. The van der Waals surface area contributed by atoms with Crippen LogP contribution in [0, 0.1) is 0 Å². The van der Waals surface area contributed by atoms with Gasteiger partial charge in [0.2, 0.25) is 0 Å². The average Bonchev–Trinajstić information content (AvgIpc) is 2.62. The molecule has 1 unspecified atom stereocenters. The van der Waals surface area contributed by atoms with E-state index in [1.165, 1.54) is 11.1 Å². The van der Waals surface area contributed by atoms with Crippen LogP contribution in [0.5, 0.6) is 0 Å². The maximum Gasteiger partial charge on any atom is 0.304 e. The molecule has 1 aliphatic heterocycles. The van der Waals surface area contributed by atoms with Gasteiger partial charge < -0.3 is 5.11 Å². The lowest BCUT2D eigenvalue weighted by molar-refractivity contribution is -0.140. The molecule has 0 aromatic heterocycles. The Morgan fingerprint density at radius 3 is 1.92 bits per heavy atom. The number of rotatable bonds is 6. The first-order valence-electron chi connectivity index (χ1n) is 8.91. The molecular weight excluding hydrogens is 312 g/mol. The van der Waals surface area contributed by atoms with E-state index in [1.54, 1.807) is 0 Å². The molecule has 1 aliphatic rings. The van der Waals surface area contributed by atoms with Crippen molar-refractivity contribution >= 4 is 5.97 Å². The Morgan fingerprint density at radius 2 is 1.40 bits per heavy atom. The first kappa shape index (κ1) is 17.6. The van der Waals surface area contributed by atoms with Gasteiger partial charge in [0.25, 0.3) is 0 Å². The number of aliphatic carboxylic acids is 1. The number of benzene rings is 2. The summed E-state index contributed by atoms with van der Waals surface area (Å²) in [5, 5.41) is 9.40. The second-order valence-electron chi connectivity index (χ2n) is 6.82. The van der Waals surface area contributed by atoms with Gasteiger partial charge in [-0.2, -0.15) is 0 Å². The quantitative estimate of drug-likeness (QED) is 0.878. The maximum absolute atomic E-state index is 11.4. The smallest absolute Gasteiger partial charge is 0.304 e. The van der Waals surface area contributed by atoms with Crippen molar-refractivity contribution in [3.8, 4) is 0 Å². The Bertz CT molecular complexity index is 675. The normalized spacial score (nSPS) is 22.0. The van der Waals surface area contributed by atoms with Gasteiger partial charge in [0, 0.05) is 38.3 Å². The number of piperazine rings is 1. The van der Waals surface area contributed by atoms with Gasteiger partial charge in [0.15, 0.2) is 0 Å². The Hall–Kier alpha value is -2.17. The third kappa shape index (κ3) is 4.68. The number of carboxylic acids is 1. The molecule has 2 aromatic carbocycles. The molecule has 3 rings (SSSR count). The van der Waals surface area contributed by atoms with Crippen molar-refractivity contribution in [1.82, 2.24) is 9.80 Å². The summed E-state index contributed by atoms with van der Waals surface area (Å²) in [5.41, 5.74) is 2.52. The van der Waals surface area contributed by atoms with Crippen molar-refractivity contribution in [2.45, 2.75) is 38.5 Å². The van der Waals surface area contributed by atoms with Crippen LogP contribution >= 0.6 is 0 Å². The lowest BCUT2D eigenvalue weighted by atomic mass is 9.98. The minimum Gasteiger partial charge on any atom is -0.481 e. The van der Waals surface area contributed by atoms with Crippen LogP contribution in [0.1, 0.15) is 24.5 Å². The average molecular weight is 338 g/mol. The molecule has 132 valence electrons. The summed E-state index contributed by atoms with van der Waals surface area (Å²) >= 11 is 0. The van der Waals surface area contributed by atoms with Gasteiger partial charge in [0.1, 0.15) is 0 Å². The van der Waals surface area contributed by atoms with E-state index in [2.05, 4.69) is 53.1 Å². The highest BCUT2D eigenvalue weighted by molar-refractivity contribution is 5.67. The zero-order valence-corrected chi connectivity index (χ0v) is 14.7. The molecule has 0 aliphatic carbocycles. The number of hydrogen-bond acceptors (Lipinski definition) is 3. The number of nitrogens with zero attached hydrogens (tertiary/aromatic N) is 2. The standard InChI is InChI=1S/C21H26N2O2/c1-17-20(14-21(24)25)23(16-19-10-6-3-7-11-19)13-12-22(17)15-18-8-4-2-5-9-18/h2-11,17,20H,12-16H2,1H3,(H,24,25)/t17-,20?/m0/s1. The largest absolute Gasteiger partial charge is 0.481 e. The van der Waals surface area contributed by atoms with Gasteiger partial charge in [-0.05, 0) is 18.1 Å². The van der Waals surface area contributed by atoms with E-state index >= 15 is 0 Å². The van der Waals surface area contributed by atoms with E-state index in [9.17, 15) is 9.90 Å². The fraction of sp³-hybridized carbons (Fsp3) is 0.381. The summed E-state index contributed by atoms with van der Waals surface area (Å²) in [6.07, 6.45) is 0.180. The highest BCUT2D eigenvalue weighted by Crippen LogP contribution is 2.24. The summed E-state index contributed by atoms with van der Waals surface area (Å²) < 4.78 is 0. The van der Waals surface area contributed by atoms with E-state index in [1.807, 2.05) is 24.3 Å². The van der Waals surface area contributed by atoms with E-state index in [0.29, 0.717) is 0 Å². The van der Waals surface area contributed by atoms with Crippen LogP contribution in [0.3, 0.4) is 0 Å². The van der Waals surface area contributed by atoms with Crippen LogP contribution in [-0.4, -0.2) is 46.0 Å². The van der Waals surface area contributed by atoms with E-state index < -0.39 is 5.97 Å². The molecule has 2 atom stereocenters. The zero-order chi connectivity index (χ0) is 17.6. The topological polar surface area (TPSA) is 43.8 Å². The fourth-order valence-electron chi connectivity index (χ4n) is 3.71. The summed E-state index contributed by atoms with van der Waals surface area (Å²) in [6, 6.07) is 20.9. The number of carbonyl (C=O) groups is 1. The minimum atomic E-state index is -0.725. The van der Waals surface area contributed by atoms with Crippen LogP contribution in [0.25, 0.3) is 0 Å². The summed E-state index contributed by atoms with van der Waals surface area (Å²) in [7, 11) is 0. The molecule has 4 heteroatoms. The second kappa shape index (κ2) is 8.28. The number of carboxylic acid groups (broad SMARTS) is 1. The third-order valence-electron chi connectivity index (χ3n) is 5.12. The Labute approximate surface area is 149 Å². The van der Waals surface area contributed by atoms with Gasteiger partial charge in [-0.15, -0.1) is 0 Å². The predicted molar refractivity (Wildman–Crippen MR) is 99.2 cm³/mol. The van der Waals surface area contributed by atoms with Crippen LogP contribution in [0.4, 0.5) is 0 Å². The number of hydrogen-bond donors (Lipinski definition) is 1. The lowest BCUT2D eigenvalue weighted by Crippen LogP contribution is -2.58. The lowest BCUT2D eigenvalue weighted by Gasteiger charge is -2.46. The van der Waals surface area contributed by atoms with E-state index in [0.717, 1.165) is 26.2 Å². The molecular formula is C21H26N2O2. The predicted octanol–water partition coefficient (Wildman–Crippen LogP) is 3.24. The van der Waals surface area contributed by atoms with E-state index in [-0.39, 0.29) is 18.5 Å². The molecule has 1 saturated heterocycles. The van der Waals surface area contributed by atoms with Crippen molar-refractivity contribution in [1.29, 1.82) is 0 Å². The highest BCUT2D eigenvalue weighted by Gasteiger charge is 2.34. The molecule has 0 bridgehead atoms. The van der Waals surface area contributed by atoms with Gasteiger partial charge in [-0.1, -0.05) is 60.7 Å². The van der Waals surface area contributed by atoms with Gasteiger partial charge in [-0.3, -0.25) is 14.6 Å². The third-order valence-corrected chi connectivity index (χ3v) is 5.12. The van der Waals surface area contributed by atoms with Gasteiger partial charge in [-0.25, -0.2) is 0 Å². The SMILES string of the molecule is C[C@H]1C(CC(=O)O)N(Cc2ccccc2)CCN1Cc1ccccc1. The monoisotopic (exact) mass is 338 g/mol. The van der Waals surface area contributed by atoms with Crippen LogP contribution in [-0.2, 0) is 17.9 Å².